The van der Waals surface area contributed by atoms with Gasteiger partial charge in [0.05, 0.1) is 19.2 Å². The zero-order chi connectivity index (χ0) is 10.7. The fourth-order valence-electron chi connectivity index (χ4n) is 2.39. The van der Waals surface area contributed by atoms with Gasteiger partial charge in [0.1, 0.15) is 0 Å². The van der Waals surface area contributed by atoms with Gasteiger partial charge in [-0.3, -0.25) is 4.99 Å². The largest absolute Gasteiger partial charge is 0.381 e. The number of hydrogen-bond acceptors (Lipinski definition) is 4. The highest BCUT2D eigenvalue weighted by molar-refractivity contribution is 5.80. The molecule has 2 heterocycles. The molecule has 0 radical (unpaired) electrons. The lowest BCUT2D eigenvalue weighted by Gasteiger charge is -2.33. The van der Waals surface area contributed by atoms with Crippen molar-refractivity contribution in [2.24, 2.45) is 16.6 Å². The van der Waals surface area contributed by atoms with E-state index in [0.717, 1.165) is 32.7 Å². The van der Waals surface area contributed by atoms with Crippen molar-refractivity contribution in [1.82, 2.24) is 4.90 Å². The summed E-state index contributed by atoms with van der Waals surface area (Å²) in [5.41, 5.74) is 5.85. The number of ether oxygens (including phenoxy) is 1. The average molecular weight is 209 g/mol. The maximum atomic E-state index is 5.85. The van der Waals surface area contributed by atoms with Crippen LogP contribution in [0.3, 0.4) is 0 Å². The molecule has 0 bridgehead atoms. The van der Waals surface area contributed by atoms with Crippen LogP contribution in [-0.4, -0.2) is 43.2 Å². The maximum Gasteiger partial charge on any atom is 0.191 e. The summed E-state index contributed by atoms with van der Waals surface area (Å²) in [4.78, 5) is 6.46. The van der Waals surface area contributed by atoms with Crippen LogP contribution in [0.25, 0.3) is 0 Å². The second-order valence-electron chi connectivity index (χ2n) is 4.18. The Hall–Kier alpha value is -1.03. The Kier molecular flexibility index (Phi) is 3.26. The van der Waals surface area contributed by atoms with Crippen LogP contribution < -0.4 is 5.73 Å². The van der Waals surface area contributed by atoms with E-state index in [2.05, 4.69) is 16.5 Å². The van der Waals surface area contributed by atoms with Gasteiger partial charge in [-0.2, -0.15) is 0 Å². The molecule has 0 aromatic heterocycles. The topological polar surface area (TPSA) is 50.8 Å². The van der Waals surface area contributed by atoms with E-state index < -0.39 is 0 Å². The van der Waals surface area contributed by atoms with Gasteiger partial charge in [0.15, 0.2) is 5.96 Å². The molecule has 4 nitrogen and oxygen atoms in total. The lowest BCUT2D eigenvalue weighted by molar-refractivity contribution is 0.0299. The quantitative estimate of drug-likeness (QED) is 0.692. The first kappa shape index (κ1) is 10.5. The Bertz CT molecular complexity index is 259. The lowest BCUT2D eigenvalue weighted by atomic mass is 9.93. The van der Waals surface area contributed by atoms with Gasteiger partial charge in [0, 0.05) is 19.1 Å². The minimum atomic E-state index is 0.420. The molecule has 84 valence electrons. The van der Waals surface area contributed by atoms with Gasteiger partial charge in [-0.15, -0.1) is 6.58 Å². The predicted molar refractivity (Wildman–Crippen MR) is 60.7 cm³/mol. The minimum Gasteiger partial charge on any atom is -0.381 e. The maximum absolute atomic E-state index is 5.85. The van der Waals surface area contributed by atoms with Crippen LogP contribution in [0.5, 0.6) is 0 Å². The summed E-state index contributed by atoms with van der Waals surface area (Å²) in [6.07, 6.45) is 4.26. The summed E-state index contributed by atoms with van der Waals surface area (Å²) < 4.78 is 5.51. The number of nitrogens with two attached hydrogens (primary N) is 1. The molecule has 0 saturated carbocycles. The van der Waals surface area contributed by atoms with Crippen molar-refractivity contribution in [2.75, 3.05) is 26.3 Å². The van der Waals surface area contributed by atoms with Crippen LogP contribution in [-0.2, 0) is 4.74 Å². The molecule has 0 amide bonds. The molecular weight excluding hydrogens is 190 g/mol. The van der Waals surface area contributed by atoms with Crippen LogP contribution >= 0.6 is 0 Å². The van der Waals surface area contributed by atoms with E-state index in [-0.39, 0.29) is 0 Å². The standard InChI is InChI=1S/C11H19N3O/c1-2-5-14-10(7-13-11(14)12)9-4-3-6-15-8-9/h2,9-10H,1,3-8H2,(H2,12,13). The van der Waals surface area contributed by atoms with Crippen molar-refractivity contribution in [1.29, 1.82) is 0 Å². The number of guanidine groups is 1. The van der Waals surface area contributed by atoms with Crippen molar-refractivity contribution in [3.05, 3.63) is 12.7 Å². The second kappa shape index (κ2) is 4.66. The second-order valence-corrected chi connectivity index (χ2v) is 4.18. The van der Waals surface area contributed by atoms with Crippen LogP contribution in [0.2, 0.25) is 0 Å². The molecule has 15 heavy (non-hydrogen) atoms. The molecule has 0 aromatic rings. The van der Waals surface area contributed by atoms with Crippen molar-refractivity contribution < 1.29 is 4.74 Å². The number of aliphatic imine (C=N–C) groups is 1. The summed E-state index contributed by atoms with van der Waals surface area (Å²) in [5.74, 6) is 1.23. The van der Waals surface area contributed by atoms with Crippen molar-refractivity contribution >= 4 is 5.96 Å². The summed E-state index contributed by atoms with van der Waals surface area (Å²) in [6, 6.07) is 0.420. The molecule has 2 rings (SSSR count). The number of rotatable bonds is 3. The number of nitrogens with zero attached hydrogens (tertiary/aromatic N) is 2. The third kappa shape index (κ3) is 2.15. The van der Waals surface area contributed by atoms with E-state index in [1.54, 1.807) is 0 Å². The highest BCUT2D eigenvalue weighted by Gasteiger charge is 2.33. The van der Waals surface area contributed by atoms with Gasteiger partial charge in [-0.25, -0.2) is 0 Å². The van der Waals surface area contributed by atoms with Gasteiger partial charge < -0.3 is 15.4 Å². The van der Waals surface area contributed by atoms with Gasteiger partial charge in [-0.1, -0.05) is 6.08 Å². The predicted octanol–water partition coefficient (Wildman–Crippen LogP) is 0.598. The Balaban J connectivity index is 1.99. The monoisotopic (exact) mass is 209 g/mol. The molecule has 2 aliphatic heterocycles. The van der Waals surface area contributed by atoms with E-state index >= 15 is 0 Å². The molecule has 0 spiro atoms. The molecule has 0 aliphatic carbocycles. The highest BCUT2D eigenvalue weighted by atomic mass is 16.5. The van der Waals surface area contributed by atoms with Gasteiger partial charge >= 0.3 is 0 Å². The lowest BCUT2D eigenvalue weighted by Crippen LogP contribution is -2.46. The molecule has 0 aromatic carbocycles. The molecule has 2 atom stereocenters. The Morgan fingerprint density at radius 1 is 1.67 bits per heavy atom. The zero-order valence-electron chi connectivity index (χ0n) is 9.06. The summed E-state index contributed by atoms with van der Waals surface area (Å²) in [7, 11) is 0. The van der Waals surface area contributed by atoms with Crippen molar-refractivity contribution in [2.45, 2.75) is 18.9 Å². The van der Waals surface area contributed by atoms with E-state index in [1.165, 1.54) is 6.42 Å². The molecule has 4 heteroatoms. The first-order valence-corrected chi connectivity index (χ1v) is 5.58. The molecular formula is C11H19N3O. The summed E-state index contributed by atoms with van der Waals surface area (Å²) >= 11 is 0. The van der Waals surface area contributed by atoms with Crippen LogP contribution in [0.1, 0.15) is 12.8 Å². The van der Waals surface area contributed by atoms with Crippen LogP contribution in [0, 0.1) is 5.92 Å². The Morgan fingerprint density at radius 3 is 3.20 bits per heavy atom. The Labute approximate surface area is 90.8 Å². The zero-order valence-corrected chi connectivity index (χ0v) is 9.06. The van der Waals surface area contributed by atoms with Gasteiger partial charge in [-0.05, 0) is 12.8 Å². The third-order valence-corrected chi connectivity index (χ3v) is 3.20. The van der Waals surface area contributed by atoms with Crippen molar-refractivity contribution in [3.8, 4) is 0 Å². The van der Waals surface area contributed by atoms with E-state index in [4.69, 9.17) is 10.5 Å². The SMILES string of the molecule is C=CCN1C(N)=NCC1C1CCCOC1. The Morgan fingerprint density at radius 2 is 2.53 bits per heavy atom. The third-order valence-electron chi connectivity index (χ3n) is 3.20. The van der Waals surface area contributed by atoms with Crippen LogP contribution in [0.15, 0.2) is 17.6 Å². The molecule has 2 N–H and O–H groups in total. The molecule has 2 unspecified atom stereocenters. The van der Waals surface area contributed by atoms with E-state index in [1.807, 2.05) is 6.08 Å². The molecule has 1 saturated heterocycles. The van der Waals surface area contributed by atoms with E-state index in [9.17, 15) is 0 Å². The summed E-state index contributed by atoms with van der Waals surface area (Å²) in [6.45, 7) is 7.11. The van der Waals surface area contributed by atoms with E-state index in [0.29, 0.717) is 17.9 Å². The van der Waals surface area contributed by atoms with Gasteiger partial charge in [0.25, 0.3) is 0 Å². The minimum absolute atomic E-state index is 0.420. The molecule has 1 fully saturated rings. The first-order valence-electron chi connectivity index (χ1n) is 5.58. The summed E-state index contributed by atoms with van der Waals surface area (Å²) in [5, 5.41) is 0. The van der Waals surface area contributed by atoms with Gasteiger partial charge in [0.2, 0.25) is 0 Å². The smallest absolute Gasteiger partial charge is 0.191 e. The first-order chi connectivity index (χ1) is 7.33. The fourth-order valence-corrected chi connectivity index (χ4v) is 2.39. The fraction of sp³-hybridized carbons (Fsp3) is 0.727. The normalized spacial score (nSPS) is 31.5. The number of hydrogen-bond donors (Lipinski definition) is 1. The van der Waals surface area contributed by atoms with Crippen LogP contribution in [0.4, 0.5) is 0 Å². The average Bonchev–Trinajstić information content (AvgIpc) is 2.63. The highest BCUT2D eigenvalue weighted by Crippen LogP contribution is 2.24. The molecule has 2 aliphatic rings. The van der Waals surface area contributed by atoms with Crippen molar-refractivity contribution in [3.63, 3.8) is 0 Å².